The summed E-state index contributed by atoms with van der Waals surface area (Å²) in [6.07, 6.45) is 6.41. The van der Waals surface area contributed by atoms with Gasteiger partial charge < -0.3 is 5.32 Å². The van der Waals surface area contributed by atoms with E-state index >= 15 is 0 Å². The van der Waals surface area contributed by atoms with E-state index in [-0.39, 0.29) is 0 Å². The van der Waals surface area contributed by atoms with Gasteiger partial charge in [0.05, 0.1) is 0 Å². The number of hydrogen-bond acceptors (Lipinski definition) is 3. The lowest BCUT2D eigenvalue weighted by molar-refractivity contribution is 0.644. The molecule has 0 spiro atoms. The van der Waals surface area contributed by atoms with Gasteiger partial charge in [-0.2, -0.15) is 0 Å². The molecule has 15 heavy (non-hydrogen) atoms. The molecule has 0 unspecified atom stereocenters. The number of nitrogens with one attached hydrogen (secondary N) is 1. The number of unbranched alkanes of at least 4 members (excludes halogenated alkanes) is 4. The molecule has 1 aromatic heterocycles. The quantitative estimate of drug-likeness (QED) is 0.725. The van der Waals surface area contributed by atoms with E-state index in [2.05, 4.69) is 22.4 Å². The zero-order valence-corrected chi connectivity index (χ0v) is 9.93. The number of halogens is 1. The van der Waals surface area contributed by atoms with Crippen LogP contribution in [0.25, 0.3) is 0 Å². The van der Waals surface area contributed by atoms with Crippen LogP contribution in [0.4, 0.5) is 5.82 Å². The molecule has 84 valence electrons. The first-order valence-corrected chi connectivity index (χ1v) is 5.94. The Morgan fingerprint density at radius 1 is 1.13 bits per heavy atom. The molecule has 0 aliphatic rings. The molecule has 0 bridgehead atoms. The zero-order valence-electron chi connectivity index (χ0n) is 9.17. The van der Waals surface area contributed by atoms with Crippen molar-refractivity contribution in [3.8, 4) is 0 Å². The lowest BCUT2D eigenvalue weighted by Gasteiger charge is -2.04. The number of aromatic nitrogens is 2. The third kappa shape index (κ3) is 5.57. The summed E-state index contributed by atoms with van der Waals surface area (Å²) < 4.78 is 0. The van der Waals surface area contributed by atoms with Crippen molar-refractivity contribution in [3.63, 3.8) is 0 Å². The van der Waals surface area contributed by atoms with E-state index in [0.29, 0.717) is 5.15 Å². The van der Waals surface area contributed by atoms with E-state index in [1.807, 2.05) is 6.07 Å². The normalized spacial score (nSPS) is 10.3. The minimum atomic E-state index is 0.434. The lowest BCUT2D eigenvalue weighted by atomic mass is 10.1. The van der Waals surface area contributed by atoms with E-state index in [1.54, 1.807) is 6.07 Å². The average molecular weight is 228 g/mol. The van der Waals surface area contributed by atoms with Crippen molar-refractivity contribution in [2.24, 2.45) is 0 Å². The fourth-order valence-corrected chi connectivity index (χ4v) is 1.46. The van der Waals surface area contributed by atoms with Crippen LogP contribution in [-0.4, -0.2) is 16.7 Å². The highest BCUT2D eigenvalue weighted by molar-refractivity contribution is 6.29. The fourth-order valence-electron chi connectivity index (χ4n) is 1.36. The number of nitrogens with zero attached hydrogens (tertiary/aromatic N) is 2. The number of hydrogen-bond donors (Lipinski definition) is 1. The van der Waals surface area contributed by atoms with Gasteiger partial charge in [-0.1, -0.05) is 44.2 Å². The van der Waals surface area contributed by atoms with Gasteiger partial charge in [0.2, 0.25) is 0 Å². The first-order valence-electron chi connectivity index (χ1n) is 5.56. The Morgan fingerprint density at radius 2 is 1.93 bits per heavy atom. The van der Waals surface area contributed by atoms with Crippen LogP contribution < -0.4 is 5.32 Å². The average Bonchev–Trinajstić information content (AvgIpc) is 2.26. The molecule has 0 saturated heterocycles. The lowest BCUT2D eigenvalue weighted by Crippen LogP contribution is -2.03. The highest BCUT2D eigenvalue weighted by Crippen LogP contribution is 2.07. The molecule has 0 saturated carbocycles. The Hall–Kier alpha value is -0.830. The van der Waals surface area contributed by atoms with Crippen LogP contribution in [0.1, 0.15) is 39.0 Å². The molecule has 3 nitrogen and oxygen atoms in total. The van der Waals surface area contributed by atoms with Crippen LogP contribution in [0, 0.1) is 0 Å². The molecule has 0 aliphatic heterocycles. The molecule has 1 N–H and O–H groups in total. The predicted molar refractivity (Wildman–Crippen MR) is 64.3 cm³/mol. The van der Waals surface area contributed by atoms with Crippen molar-refractivity contribution >= 4 is 17.4 Å². The summed E-state index contributed by atoms with van der Waals surface area (Å²) in [5.74, 6) is 0.801. The largest absolute Gasteiger partial charge is 0.369 e. The van der Waals surface area contributed by atoms with Gasteiger partial charge in [-0.25, -0.2) is 0 Å². The number of anilines is 1. The Bertz CT molecular complexity index is 261. The molecule has 0 aliphatic carbocycles. The maximum Gasteiger partial charge on any atom is 0.151 e. The molecule has 4 heteroatoms. The van der Waals surface area contributed by atoms with E-state index in [1.165, 1.54) is 32.1 Å². The molecule has 0 atom stereocenters. The summed E-state index contributed by atoms with van der Waals surface area (Å²) in [6, 6.07) is 3.59. The second-order valence-corrected chi connectivity index (χ2v) is 3.97. The van der Waals surface area contributed by atoms with Gasteiger partial charge in [0, 0.05) is 6.54 Å². The van der Waals surface area contributed by atoms with Gasteiger partial charge in [-0.15, -0.1) is 10.2 Å². The summed E-state index contributed by atoms with van der Waals surface area (Å²) in [5.41, 5.74) is 0. The topological polar surface area (TPSA) is 37.8 Å². The van der Waals surface area contributed by atoms with Gasteiger partial charge in [0.15, 0.2) is 5.15 Å². The van der Waals surface area contributed by atoms with Crippen molar-refractivity contribution < 1.29 is 0 Å². The van der Waals surface area contributed by atoms with Crippen LogP contribution in [0.2, 0.25) is 5.15 Å². The van der Waals surface area contributed by atoms with Crippen molar-refractivity contribution in [1.82, 2.24) is 10.2 Å². The maximum absolute atomic E-state index is 5.63. The Morgan fingerprint density at radius 3 is 2.60 bits per heavy atom. The van der Waals surface area contributed by atoms with Crippen molar-refractivity contribution in [2.75, 3.05) is 11.9 Å². The molecule has 0 radical (unpaired) electrons. The van der Waals surface area contributed by atoms with Crippen LogP contribution in [0.3, 0.4) is 0 Å². The summed E-state index contributed by atoms with van der Waals surface area (Å²) in [7, 11) is 0. The molecule has 0 amide bonds. The molecule has 1 heterocycles. The molecule has 0 aromatic carbocycles. The number of rotatable bonds is 7. The highest BCUT2D eigenvalue weighted by Gasteiger charge is 1.94. The molecular formula is C11H18ClN3. The highest BCUT2D eigenvalue weighted by atomic mass is 35.5. The maximum atomic E-state index is 5.63. The Labute approximate surface area is 96.2 Å². The minimum absolute atomic E-state index is 0.434. The monoisotopic (exact) mass is 227 g/mol. The third-order valence-electron chi connectivity index (χ3n) is 2.22. The fraction of sp³-hybridized carbons (Fsp3) is 0.636. The summed E-state index contributed by atoms with van der Waals surface area (Å²) in [4.78, 5) is 0. The molecule has 1 rings (SSSR count). The Balaban J connectivity index is 2.07. The summed E-state index contributed by atoms with van der Waals surface area (Å²) >= 11 is 5.63. The minimum Gasteiger partial charge on any atom is -0.369 e. The van der Waals surface area contributed by atoms with Gasteiger partial charge >= 0.3 is 0 Å². The SMILES string of the molecule is CCCCCCCNc1ccc(Cl)nn1. The standard InChI is InChI=1S/C11H18ClN3/c1-2-3-4-5-6-9-13-11-8-7-10(12)14-15-11/h7-8H,2-6,9H2,1H3,(H,13,15). The summed E-state index contributed by atoms with van der Waals surface area (Å²) in [6.45, 7) is 3.18. The van der Waals surface area contributed by atoms with Crippen LogP contribution >= 0.6 is 11.6 Å². The second-order valence-electron chi connectivity index (χ2n) is 3.58. The van der Waals surface area contributed by atoms with Gasteiger partial charge in [0.25, 0.3) is 0 Å². The van der Waals surface area contributed by atoms with E-state index < -0.39 is 0 Å². The van der Waals surface area contributed by atoms with Crippen LogP contribution in [0.15, 0.2) is 12.1 Å². The van der Waals surface area contributed by atoms with Crippen LogP contribution in [-0.2, 0) is 0 Å². The first-order chi connectivity index (χ1) is 7.33. The second kappa shape index (κ2) is 7.46. The molecule has 1 aromatic rings. The Kier molecular flexibility index (Phi) is 6.09. The molecular weight excluding hydrogens is 210 g/mol. The van der Waals surface area contributed by atoms with Gasteiger partial charge in [-0.05, 0) is 18.6 Å². The first kappa shape index (κ1) is 12.2. The molecule has 0 fully saturated rings. The van der Waals surface area contributed by atoms with Gasteiger partial charge in [0.1, 0.15) is 5.82 Å². The van der Waals surface area contributed by atoms with Crippen molar-refractivity contribution in [3.05, 3.63) is 17.3 Å². The van der Waals surface area contributed by atoms with E-state index in [0.717, 1.165) is 12.4 Å². The van der Waals surface area contributed by atoms with Crippen LogP contribution in [0.5, 0.6) is 0 Å². The predicted octanol–water partition coefficient (Wildman–Crippen LogP) is 3.51. The van der Waals surface area contributed by atoms with Crippen molar-refractivity contribution in [1.29, 1.82) is 0 Å². The zero-order chi connectivity index (χ0) is 10.9. The van der Waals surface area contributed by atoms with E-state index in [9.17, 15) is 0 Å². The van der Waals surface area contributed by atoms with Gasteiger partial charge in [-0.3, -0.25) is 0 Å². The smallest absolute Gasteiger partial charge is 0.151 e. The van der Waals surface area contributed by atoms with Crippen molar-refractivity contribution in [2.45, 2.75) is 39.0 Å². The third-order valence-corrected chi connectivity index (χ3v) is 2.42. The van der Waals surface area contributed by atoms with E-state index in [4.69, 9.17) is 11.6 Å². The summed E-state index contributed by atoms with van der Waals surface area (Å²) in [5, 5.41) is 11.3.